The Kier molecular flexibility index (Phi) is 4.50. The molecule has 7 heteroatoms. The Bertz CT molecular complexity index is 425. The molecule has 106 valence electrons. The topological polar surface area (TPSA) is 37.8 Å². The van der Waals surface area contributed by atoms with Crippen LogP contribution in [0.15, 0.2) is 12.3 Å². The molecule has 0 radical (unpaired) electrons. The molecule has 1 saturated carbocycles. The van der Waals surface area contributed by atoms with Gasteiger partial charge in [-0.3, -0.25) is 0 Å². The zero-order chi connectivity index (χ0) is 13.9. The molecule has 1 aliphatic carbocycles. The van der Waals surface area contributed by atoms with Gasteiger partial charge in [0.1, 0.15) is 5.69 Å². The maximum absolute atomic E-state index is 12.5. The standard InChI is InChI=1S/C12H15ClF3N3/c13-7-8-2-1-3-9(6-8)18-11-17-5-4-10(19-11)12(14,15)16/h4-5,8-9H,1-3,6-7H2,(H,17,18,19). The summed E-state index contributed by atoms with van der Waals surface area (Å²) in [5.41, 5.74) is -0.922. The summed E-state index contributed by atoms with van der Waals surface area (Å²) in [6.45, 7) is 0. The Morgan fingerprint density at radius 1 is 1.37 bits per heavy atom. The van der Waals surface area contributed by atoms with Gasteiger partial charge in [0.25, 0.3) is 0 Å². The molecule has 0 aromatic carbocycles. The van der Waals surface area contributed by atoms with Crippen molar-refractivity contribution >= 4 is 17.5 Å². The average Bonchev–Trinajstić information content (AvgIpc) is 2.38. The summed E-state index contributed by atoms with van der Waals surface area (Å²) in [5, 5.41) is 2.98. The number of aromatic nitrogens is 2. The van der Waals surface area contributed by atoms with Gasteiger partial charge in [-0.25, -0.2) is 9.97 Å². The van der Waals surface area contributed by atoms with Gasteiger partial charge < -0.3 is 5.32 Å². The molecule has 2 rings (SSSR count). The highest BCUT2D eigenvalue weighted by atomic mass is 35.5. The Morgan fingerprint density at radius 2 is 2.16 bits per heavy atom. The van der Waals surface area contributed by atoms with Gasteiger partial charge in [0.05, 0.1) is 0 Å². The van der Waals surface area contributed by atoms with E-state index in [2.05, 4.69) is 15.3 Å². The molecule has 3 nitrogen and oxygen atoms in total. The van der Waals surface area contributed by atoms with E-state index in [0.29, 0.717) is 11.8 Å². The molecular formula is C12H15ClF3N3. The molecule has 1 heterocycles. The summed E-state index contributed by atoms with van der Waals surface area (Å²) < 4.78 is 37.6. The number of alkyl halides is 4. The Balaban J connectivity index is 2.03. The molecule has 1 aromatic rings. The first-order valence-electron chi connectivity index (χ1n) is 6.22. The maximum atomic E-state index is 12.5. The van der Waals surface area contributed by atoms with Crippen LogP contribution in [0.25, 0.3) is 0 Å². The van der Waals surface area contributed by atoms with Crippen LogP contribution >= 0.6 is 11.6 Å². The van der Waals surface area contributed by atoms with Crippen LogP contribution in [-0.2, 0) is 6.18 Å². The molecule has 1 fully saturated rings. The van der Waals surface area contributed by atoms with Crippen LogP contribution < -0.4 is 5.32 Å². The van der Waals surface area contributed by atoms with Crippen molar-refractivity contribution in [3.63, 3.8) is 0 Å². The first-order chi connectivity index (χ1) is 8.99. The molecule has 0 saturated heterocycles. The van der Waals surface area contributed by atoms with Crippen LogP contribution in [0.2, 0.25) is 0 Å². The van der Waals surface area contributed by atoms with E-state index in [4.69, 9.17) is 11.6 Å². The Labute approximate surface area is 114 Å². The predicted octanol–water partition coefficient (Wildman–Crippen LogP) is 3.70. The quantitative estimate of drug-likeness (QED) is 0.864. The fraction of sp³-hybridized carbons (Fsp3) is 0.667. The minimum absolute atomic E-state index is 0.0371. The number of halogens is 4. The van der Waals surface area contributed by atoms with E-state index in [1.54, 1.807) is 0 Å². The first-order valence-corrected chi connectivity index (χ1v) is 6.75. The second-order valence-electron chi connectivity index (χ2n) is 4.79. The van der Waals surface area contributed by atoms with E-state index in [9.17, 15) is 13.2 Å². The highest BCUT2D eigenvalue weighted by Gasteiger charge is 2.33. The van der Waals surface area contributed by atoms with Gasteiger partial charge in [-0.1, -0.05) is 6.42 Å². The van der Waals surface area contributed by atoms with E-state index in [1.165, 1.54) is 0 Å². The van der Waals surface area contributed by atoms with Gasteiger partial charge in [-0.05, 0) is 31.2 Å². The van der Waals surface area contributed by atoms with Gasteiger partial charge in [0.2, 0.25) is 5.95 Å². The number of rotatable bonds is 3. The number of nitrogens with one attached hydrogen (secondary N) is 1. The van der Waals surface area contributed by atoms with E-state index in [1.807, 2.05) is 0 Å². The van der Waals surface area contributed by atoms with E-state index < -0.39 is 11.9 Å². The lowest BCUT2D eigenvalue weighted by molar-refractivity contribution is -0.141. The molecule has 0 bridgehead atoms. The number of nitrogens with zero attached hydrogens (tertiary/aromatic N) is 2. The molecule has 0 amide bonds. The third-order valence-electron chi connectivity index (χ3n) is 3.28. The zero-order valence-corrected chi connectivity index (χ0v) is 11.0. The molecule has 1 aromatic heterocycles. The summed E-state index contributed by atoms with van der Waals surface area (Å²) in [6, 6.07) is 0.967. The monoisotopic (exact) mass is 293 g/mol. The SMILES string of the molecule is FC(F)(F)c1ccnc(NC2CCCC(CCl)C2)n1. The lowest BCUT2D eigenvalue weighted by atomic mass is 9.87. The molecule has 2 atom stereocenters. The van der Waals surface area contributed by atoms with E-state index in [0.717, 1.165) is 37.9 Å². The molecule has 19 heavy (non-hydrogen) atoms. The lowest BCUT2D eigenvalue weighted by Gasteiger charge is -2.28. The number of hydrogen-bond donors (Lipinski definition) is 1. The summed E-state index contributed by atoms with van der Waals surface area (Å²) in [6.07, 6.45) is 0.542. The number of anilines is 1. The highest BCUT2D eigenvalue weighted by molar-refractivity contribution is 6.18. The van der Waals surface area contributed by atoms with Crippen LogP contribution in [0, 0.1) is 5.92 Å². The van der Waals surface area contributed by atoms with Gasteiger partial charge in [0, 0.05) is 18.1 Å². The summed E-state index contributed by atoms with van der Waals surface area (Å²) >= 11 is 5.83. The Hall–Kier alpha value is -1.04. The van der Waals surface area contributed by atoms with Crippen molar-refractivity contribution in [3.8, 4) is 0 Å². The fourth-order valence-corrected chi connectivity index (χ4v) is 2.61. The second-order valence-corrected chi connectivity index (χ2v) is 5.10. The van der Waals surface area contributed by atoms with E-state index in [-0.39, 0.29) is 12.0 Å². The van der Waals surface area contributed by atoms with Crippen LogP contribution in [0.5, 0.6) is 0 Å². The minimum Gasteiger partial charge on any atom is -0.351 e. The van der Waals surface area contributed by atoms with Crippen LogP contribution in [0.3, 0.4) is 0 Å². The summed E-state index contributed by atoms with van der Waals surface area (Å²) in [7, 11) is 0. The van der Waals surface area contributed by atoms with Crippen molar-refractivity contribution in [3.05, 3.63) is 18.0 Å². The fourth-order valence-electron chi connectivity index (χ4n) is 2.33. The Morgan fingerprint density at radius 3 is 2.84 bits per heavy atom. The van der Waals surface area contributed by atoms with Crippen molar-refractivity contribution < 1.29 is 13.2 Å². The van der Waals surface area contributed by atoms with Crippen LogP contribution in [0.1, 0.15) is 31.4 Å². The van der Waals surface area contributed by atoms with Gasteiger partial charge in [-0.15, -0.1) is 11.6 Å². The number of hydrogen-bond acceptors (Lipinski definition) is 3. The normalized spacial score (nSPS) is 24.2. The molecular weight excluding hydrogens is 279 g/mol. The third kappa shape index (κ3) is 3.96. The van der Waals surface area contributed by atoms with Gasteiger partial charge in [-0.2, -0.15) is 13.2 Å². The molecule has 2 unspecified atom stereocenters. The van der Waals surface area contributed by atoms with Crippen molar-refractivity contribution in [2.45, 2.75) is 37.9 Å². The summed E-state index contributed by atoms with van der Waals surface area (Å²) in [5.74, 6) is 1.04. The van der Waals surface area contributed by atoms with Crippen molar-refractivity contribution in [2.24, 2.45) is 5.92 Å². The van der Waals surface area contributed by atoms with Gasteiger partial charge >= 0.3 is 6.18 Å². The maximum Gasteiger partial charge on any atom is 0.433 e. The highest BCUT2D eigenvalue weighted by Crippen LogP contribution is 2.29. The molecule has 0 aliphatic heterocycles. The lowest BCUT2D eigenvalue weighted by Crippen LogP contribution is -2.29. The van der Waals surface area contributed by atoms with E-state index >= 15 is 0 Å². The van der Waals surface area contributed by atoms with Crippen molar-refractivity contribution in [1.29, 1.82) is 0 Å². The predicted molar refractivity (Wildman–Crippen MR) is 67.1 cm³/mol. The zero-order valence-electron chi connectivity index (χ0n) is 10.3. The van der Waals surface area contributed by atoms with Gasteiger partial charge in [0.15, 0.2) is 0 Å². The van der Waals surface area contributed by atoms with Crippen LogP contribution in [0.4, 0.5) is 19.1 Å². The largest absolute Gasteiger partial charge is 0.433 e. The second kappa shape index (κ2) is 5.94. The smallest absolute Gasteiger partial charge is 0.351 e. The van der Waals surface area contributed by atoms with Crippen molar-refractivity contribution in [2.75, 3.05) is 11.2 Å². The van der Waals surface area contributed by atoms with Crippen LogP contribution in [-0.4, -0.2) is 21.9 Å². The third-order valence-corrected chi connectivity index (χ3v) is 3.72. The van der Waals surface area contributed by atoms with Crippen molar-refractivity contribution in [1.82, 2.24) is 9.97 Å². The minimum atomic E-state index is -4.44. The molecule has 1 aliphatic rings. The first kappa shape index (κ1) is 14.4. The summed E-state index contributed by atoms with van der Waals surface area (Å²) in [4.78, 5) is 7.35. The average molecular weight is 294 g/mol. The molecule has 1 N–H and O–H groups in total. The molecule has 0 spiro atoms.